The monoisotopic (exact) mass is 255 g/mol. The van der Waals surface area contributed by atoms with Gasteiger partial charge in [-0.25, -0.2) is 0 Å². The maximum Gasteiger partial charge on any atom is 0.0624 e. The highest BCUT2D eigenvalue weighted by molar-refractivity contribution is 7.99. The summed E-state index contributed by atoms with van der Waals surface area (Å²) in [6.07, 6.45) is 3.17. The molecule has 0 radical (unpaired) electrons. The zero-order valence-corrected chi connectivity index (χ0v) is 12.1. The number of rotatable bonds is 8. The molecule has 0 saturated carbocycles. The molecule has 98 valence electrons. The van der Waals surface area contributed by atoms with Crippen molar-refractivity contribution in [2.75, 3.05) is 11.5 Å². The Morgan fingerprint density at radius 1 is 1.41 bits per heavy atom. The average Bonchev–Trinajstić information content (AvgIpc) is 2.71. The van der Waals surface area contributed by atoms with Gasteiger partial charge in [0.1, 0.15) is 0 Å². The van der Waals surface area contributed by atoms with E-state index < -0.39 is 0 Å². The first-order chi connectivity index (χ1) is 8.21. The van der Waals surface area contributed by atoms with Gasteiger partial charge in [-0.05, 0) is 31.6 Å². The fraction of sp³-hybridized carbons (Fsp3) is 0.769. The molecule has 2 N–H and O–H groups in total. The van der Waals surface area contributed by atoms with E-state index in [-0.39, 0.29) is 6.04 Å². The number of nitrogens with two attached hydrogens (primary N) is 1. The van der Waals surface area contributed by atoms with Gasteiger partial charge in [0, 0.05) is 30.5 Å². The number of aromatic nitrogens is 2. The molecule has 0 aliphatic rings. The van der Waals surface area contributed by atoms with Crippen LogP contribution in [-0.2, 0) is 19.4 Å². The second-order valence-electron chi connectivity index (χ2n) is 4.34. The molecule has 1 heterocycles. The lowest BCUT2D eigenvalue weighted by molar-refractivity contribution is 0.592. The standard InChI is InChI=1S/C13H25N3S/c1-4-7-17-10-11(14)8-13-9-12(5-2)15-16(13)6-3/h9,11H,4-8,10,14H2,1-3H3. The summed E-state index contributed by atoms with van der Waals surface area (Å²) in [6.45, 7) is 7.42. The average molecular weight is 255 g/mol. The van der Waals surface area contributed by atoms with Crippen LogP contribution < -0.4 is 5.73 Å². The van der Waals surface area contributed by atoms with Gasteiger partial charge in [0.2, 0.25) is 0 Å². The molecule has 1 aromatic rings. The van der Waals surface area contributed by atoms with Gasteiger partial charge in [0.25, 0.3) is 0 Å². The molecule has 0 aliphatic heterocycles. The Balaban J connectivity index is 2.51. The Labute approximate surface area is 109 Å². The molecule has 0 saturated heterocycles. The third kappa shape index (κ3) is 4.72. The van der Waals surface area contributed by atoms with Crippen LogP contribution in [0.5, 0.6) is 0 Å². The minimum absolute atomic E-state index is 0.248. The summed E-state index contributed by atoms with van der Waals surface area (Å²) >= 11 is 1.95. The zero-order chi connectivity index (χ0) is 12.7. The van der Waals surface area contributed by atoms with Crippen LogP contribution in [0.3, 0.4) is 0 Å². The van der Waals surface area contributed by atoms with E-state index in [2.05, 4.69) is 36.6 Å². The Kier molecular flexibility index (Phi) is 6.66. The van der Waals surface area contributed by atoms with E-state index in [1.165, 1.54) is 23.6 Å². The lowest BCUT2D eigenvalue weighted by Gasteiger charge is -2.11. The van der Waals surface area contributed by atoms with Crippen LogP contribution in [0.15, 0.2) is 6.07 Å². The van der Waals surface area contributed by atoms with Crippen molar-refractivity contribution in [3.05, 3.63) is 17.5 Å². The Morgan fingerprint density at radius 3 is 2.76 bits per heavy atom. The summed E-state index contributed by atoms with van der Waals surface area (Å²) in [5, 5.41) is 4.55. The molecular formula is C13H25N3S. The maximum atomic E-state index is 6.16. The largest absolute Gasteiger partial charge is 0.327 e. The van der Waals surface area contributed by atoms with Crippen LogP contribution in [0.2, 0.25) is 0 Å². The molecule has 0 fully saturated rings. The van der Waals surface area contributed by atoms with Crippen LogP contribution in [0.4, 0.5) is 0 Å². The molecule has 17 heavy (non-hydrogen) atoms. The Hall–Kier alpha value is -0.480. The van der Waals surface area contributed by atoms with Crippen molar-refractivity contribution in [2.45, 2.75) is 52.6 Å². The van der Waals surface area contributed by atoms with Gasteiger partial charge in [-0.15, -0.1) is 0 Å². The van der Waals surface area contributed by atoms with E-state index in [1.807, 2.05) is 11.8 Å². The highest BCUT2D eigenvalue weighted by Crippen LogP contribution is 2.11. The van der Waals surface area contributed by atoms with Gasteiger partial charge in [-0.1, -0.05) is 13.8 Å². The van der Waals surface area contributed by atoms with Crippen LogP contribution in [0.1, 0.15) is 38.6 Å². The molecule has 1 atom stereocenters. The van der Waals surface area contributed by atoms with E-state index >= 15 is 0 Å². The number of aryl methyl sites for hydroxylation is 2. The third-order valence-corrected chi connectivity index (χ3v) is 4.09. The molecule has 1 rings (SSSR count). The minimum Gasteiger partial charge on any atom is -0.327 e. The van der Waals surface area contributed by atoms with Gasteiger partial charge in [-0.2, -0.15) is 16.9 Å². The summed E-state index contributed by atoms with van der Waals surface area (Å²) < 4.78 is 2.09. The van der Waals surface area contributed by atoms with E-state index in [1.54, 1.807) is 0 Å². The van der Waals surface area contributed by atoms with Gasteiger partial charge < -0.3 is 5.73 Å². The van der Waals surface area contributed by atoms with E-state index in [4.69, 9.17) is 5.73 Å². The number of hydrogen-bond donors (Lipinski definition) is 1. The van der Waals surface area contributed by atoms with E-state index in [0.29, 0.717) is 0 Å². The SMILES string of the molecule is CCCSCC(N)Cc1cc(CC)nn1CC. The number of nitrogens with zero attached hydrogens (tertiary/aromatic N) is 2. The molecule has 0 amide bonds. The molecule has 3 nitrogen and oxygen atoms in total. The van der Waals surface area contributed by atoms with E-state index in [0.717, 1.165) is 25.1 Å². The first-order valence-electron chi connectivity index (χ1n) is 6.60. The predicted octanol–water partition coefficient (Wildman–Crippen LogP) is 2.48. The third-order valence-electron chi connectivity index (χ3n) is 2.73. The smallest absolute Gasteiger partial charge is 0.0624 e. The fourth-order valence-electron chi connectivity index (χ4n) is 1.83. The summed E-state index contributed by atoms with van der Waals surface area (Å²) in [5.74, 6) is 2.26. The van der Waals surface area contributed by atoms with Crippen molar-refractivity contribution in [3.8, 4) is 0 Å². The number of thioether (sulfide) groups is 1. The number of hydrogen-bond acceptors (Lipinski definition) is 3. The van der Waals surface area contributed by atoms with Crippen molar-refractivity contribution in [1.82, 2.24) is 9.78 Å². The second kappa shape index (κ2) is 7.77. The van der Waals surface area contributed by atoms with Crippen molar-refractivity contribution < 1.29 is 0 Å². The molecule has 0 aliphatic carbocycles. The van der Waals surface area contributed by atoms with Gasteiger partial charge in [0.15, 0.2) is 0 Å². The highest BCUT2D eigenvalue weighted by atomic mass is 32.2. The summed E-state index contributed by atoms with van der Waals surface area (Å²) in [5.41, 5.74) is 8.62. The van der Waals surface area contributed by atoms with Crippen molar-refractivity contribution >= 4 is 11.8 Å². The van der Waals surface area contributed by atoms with E-state index in [9.17, 15) is 0 Å². The first kappa shape index (κ1) is 14.6. The molecule has 0 bridgehead atoms. The predicted molar refractivity (Wildman–Crippen MR) is 76.6 cm³/mol. The maximum absolute atomic E-state index is 6.16. The fourth-order valence-corrected chi connectivity index (χ4v) is 2.71. The van der Waals surface area contributed by atoms with Crippen LogP contribution in [0, 0.1) is 0 Å². The van der Waals surface area contributed by atoms with Crippen LogP contribution in [0.25, 0.3) is 0 Å². The van der Waals surface area contributed by atoms with Gasteiger partial charge in [0.05, 0.1) is 5.69 Å². The van der Waals surface area contributed by atoms with Crippen LogP contribution >= 0.6 is 11.8 Å². The molecule has 0 aromatic carbocycles. The zero-order valence-electron chi connectivity index (χ0n) is 11.3. The molecular weight excluding hydrogens is 230 g/mol. The van der Waals surface area contributed by atoms with Crippen molar-refractivity contribution in [1.29, 1.82) is 0 Å². The Bertz CT molecular complexity index is 322. The van der Waals surface area contributed by atoms with Crippen LogP contribution in [-0.4, -0.2) is 27.3 Å². The van der Waals surface area contributed by atoms with Crippen molar-refractivity contribution in [3.63, 3.8) is 0 Å². The quantitative estimate of drug-likeness (QED) is 0.726. The summed E-state index contributed by atoms with van der Waals surface area (Å²) in [6, 6.07) is 2.45. The van der Waals surface area contributed by atoms with Gasteiger partial charge >= 0.3 is 0 Å². The summed E-state index contributed by atoms with van der Waals surface area (Å²) in [7, 11) is 0. The normalized spacial score (nSPS) is 12.9. The lowest BCUT2D eigenvalue weighted by Crippen LogP contribution is -2.27. The highest BCUT2D eigenvalue weighted by Gasteiger charge is 2.10. The minimum atomic E-state index is 0.248. The molecule has 1 aromatic heterocycles. The molecule has 0 spiro atoms. The summed E-state index contributed by atoms with van der Waals surface area (Å²) in [4.78, 5) is 0. The second-order valence-corrected chi connectivity index (χ2v) is 5.49. The topological polar surface area (TPSA) is 43.8 Å². The van der Waals surface area contributed by atoms with Gasteiger partial charge in [-0.3, -0.25) is 4.68 Å². The lowest BCUT2D eigenvalue weighted by atomic mass is 10.2. The molecule has 4 heteroatoms. The first-order valence-corrected chi connectivity index (χ1v) is 7.75. The van der Waals surface area contributed by atoms with Crippen molar-refractivity contribution in [2.24, 2.45) is 5.73 Å². The molecule has 1 unspecified atom stereocenters. The Morgan fingerprint density at radius 2 is 2.18 bits per heavy atom.